The summed E-state index contributed by atoms with van der Waals surface area (Å²) in [6, 6.07) is 92.5. The van der Waals surface area contributed by atoms with E-state index in [9.17, 15) is 0 Å². The first-order valence-corrected chi connectivity index (χ1v) is 23.5. The number of nitrogens with zero attached hydrogens (tertiary/aromatic N) is 1. The molecule has 1 nitrogen and oxygen atoms in total. The minimum absolute atomic E-state index is 0.260. The second kappa shape index (κ2) is 15.2. The first kappa shape index (κ1) is 39.1. The summed E-state index contributed by atoms with van der Waals surface area (Å²) in [6.07, 6.45) is 0. The van der Waals surface area contributed by atoms with Gasteiger partial charge in [-0.1, -0.05) is 206 Å². The Morgan fingerprint density at radius 1 is 0.284 bits per heavy atom. The minimum atomic E-state index is -0.298. The van der Waals surface area contributed by atoms with E-state index in [-0.39, 0.29) is 10.8 Å². The second-order valence-corrected chi connectivity index (χ2v) is 18.7. The number of fused-ring (bicyclic) bond motifs is 9. The zero-order valence-electron chi connectivity index (χ0n) is 37.6. The molecular weight excluding hydrogens is 807 g/mol. The van der Waals surface area contributed by atoms with Crippen molar-refractivity contribution in [1.29, 1.82) is 0 Å². The largest absolute Gasteiger partial charge is 0.310 e. The minimum Gasteiger partial charge on any atom is -0.310 e. The van der Waals surface area contributed by atoms with Gasteiger partial charge in [0.2, 0.25) is 0 Å². The van der Waals surface area contributed by atoms with E-state index < -0.39 is 0 Å². The van der Waals surface area contributed by atoms with Gasteiger partial charge in [-0.05, 0) is 150 Å². The summed E-state index contributed by atoms with van der Waals surface area (Å²) in [6.45, 7) is 4.79. The van der Waals surface area contributed by atoms with Crippen LogP contribution >= 0.6 is 0 Å². The van der Waals surface area contributed by atoms with Gasteiger partial charge in [0.25, 0.3) is 0 Å². The number of hydrogen-bond acceptors (Lipinski definition) is 1. The van der Waals surface area contributed by atoms with Crippen molar-refractivity contribution in [3.8, 4) is 44.5 Å². The number of anilines is 3. The van der Waals surface area contributed by atoms with E-state index >= 15 is 0 Å². The lowest BCUT2D eigenvalue weighted by atomic mass is 9.74. The van der Waals surface area contributed by atoms with Gasteiger partial charge in [0.15, 0.2) is 0 Å². The quantitative estimate of drug-likeness (QED) is 0.144. The molecule has 11 aromatic carbocycles. The third-order valence-corrected chi connectivity index (χ3v) is 15.2. The Morgan fingerprint density at radius 3 is 1.40 bits per heavy atom. The molecule has 11 aromatic rings. The Hall–Kier alpha value is -8.26. The standard InChI is InChI=1S/C66H47N/c1-65(49-18-5-3-6-19-49)60-26-14-11-24-56(60)58-38-33-46(42-62(58)65)44-31-35-51(36-32-44)67(52-37-40-54-47(41-52)30-29-45-17-9-10-22-53(45)54)64-28-16-13-23-55(64)48-34-39-59-57-25-12-15-27-61(57)66(2,63(59)43-48)50-20-7-4-8-21-50/h3-43H,1-2H3. The molecule has 316 valence electrons. The van der Waals surface area contributed by atoms with Crippen LogP contribution in [-0.4, -0.2) is 0 Å². The van der Waals surface area contributed by atoms with Crippen LogP contribution in [0.1, 0.15) is 47.2 Å². The molecule has 13 rings (SSSR count). The highest BCUT2D eigenvalue weighted by molar-refractivity contribution is 6.09. The van der Waals surface area contributed by atoms with Crippen molar-refractivity contribution in [2.75, 3.05) is 4.90 Å². The molecule has 1 heteroatoms. The van der Waals surface area contributed by atoms with Crippen LogP contribution in [0.5, 0.6) is 0 Å². The van der Waals surface area contributed by atoms with Crippen LogP contribution in [0.2, 0.25) is 0 Å². The van der Waals surface area contributed by atoms with Crippen LogP contribution in [-0.2, 0) is 10.8 Å². The summed E-state index contributed by atoms with van der Waals surface area (Å²) in [7, 11) is 0. The topological polar surface area (TPSA) is 3.24 Å². The fourth-order valence-electron chi connectivity index (χ4n) is 11.8. The van der Waals surface area contributed by atoms with Crippen LogP contribution < -0.4 is 4.90 Å². The van der Waals surface area contributed by atoms with Gasteiger partial charge in [-0.15, -0.1) is 0 Å². The lowest BCUT2D eigenvalue weighted by Gasteiger charge is -2.30. The van der Waals surface area contributed by atoms with E-state index in [0.717, 1.165) is 17.1 Å². The summed E-state index contributed by atoms with van der Waals surface area (Å²) in [5.74, 6) is 0. The van der Waals surface area contributed by atoms with Crippen molar-refractivity contribution in [3.63, 3.8) is 0 Å². The molecule has 0 amide bonds. The fourth-order valence-corrected chi connectivity index (χ4v) is 11.8. The molecule has 0 fully saturated rings. The third kappa shape index (κ3) is 5.94. The molecule has 2 aliphatic carbocycles. The van der Waals surface area contributed by atoms with Gasteiger partial charge in [0, 0.05) is 27.8 Å². The average Bonchev–Trinajstić information content (AvgIpc) is 3.82. The van der Waals surface area contributed by atoms with E-state index in [1.165, 1.54) is 99.4 Å². The molecule has 2 aliphatic rings. The number of rotatable bonds is 7. The summed E-state index contributed by atoms with van der Waals surface area (Å²) < 4.78 is 0. The van der Waals surface area contributed by atoms with Gasteiger partial charge in [0.05, 0.1) is 5.69 Å². The first-order chi connectivity index (χ1) is 33.0. The van der Waals surface area contributed by atoms with Crippen LogP contribution in [0.4, 0.5) is 17.1 Å². The predicted octanol–water partition coefficient (Wildman–Crippen LogP) is 17.5. The fraction of sp³-hybridized carbons (Fsp3) is 0.0606. The van der Waals surface area contributed by atoms with E-state index in [0.29, 0.717) is 0 Å². The van der Waals surface area contributed by atoms with Crippen molar-refractivity contribution in [3.05, 3.63) is 282 Å². The highest BCUT2D eigenvalue weighted by Crippen LogP contribution is 2.55. The number of para-hydroxylation sites is 1. The Kier molecular flexibility index (Phi) is 8.85. The molecule has 0 N–H and O–H groups in total. The van der Waals surface area contributed by atoms with E-state index in [1.54, 1.807) is 0 Å². The lowest BCUT2D eigenvalue weighted by molar-refractivity contribution is 0.714. The van der Waals surface area contributed by atoms with Crippen LogP contribution in [0.25, 0.3) is 66.1 Å². The Bertz CT molecular complexity index is 3720. The van der Waals surface area contributed by atoms with Crippen LogP contribution in [0, 0.1) is 0 Å². The average molecular weight is 854 g/mol. The SMILES string of the molecule is CC1(c2ccccc2)c2ccccc2-c2ccc(-c3ccc(N(c4ccc5c(ccc6ccccc65)c4)c4ccccc4-c4ccc5c(c4)C(C)(c4ccccc4)c4ccccc4-5)cc3)cc21. The summed E-state index contributed by atoms with van der Waals surface area (Å²) >= 11 is 0. The summed E-state index contributed by atoms with van der Waals surface area (Å²) in [5, 5.41) is 4.99. The molecule has 0 heterocycles. The number of hydrogen-bond donors (Lipinski definition) is 0. The molecule has 67 heavy (non-hydrogen) atoms. The van der Waals surface area contributed by atoms with Crippen LogP contribution in [0.3, 0.4) is 0 Å². The molecule has 0 aromatic heterocycles. The molecule has 0 radical (unpaired) electrons. The van der Waals surface area contributed by atoms with Gasteiger partial charge < -0.3 is 4.90 Å². The smallest absolute Gasteiger partial charge is 0.0540 e. The molecule has 0 spiro atoms. The Morgan fingerprint density at radius 2 is 0.746 bits per heavy atom. The van der Waals surface area contributed by atoms with E-state index in [1.807, 2.05) is 0 Å². The van der Waals surface area contributed by atoms with Crippen molar-refractivity contribution in [2.24, 2.45) is 0 Å². The molecule has 2 atom stereocenters. The molecule has 0 saturated heterocycles. The summed E-state index contributed by atoms with van der Waals surface area (Å²) in [5.41, 5.74) is 20.8. The molecule has 2 unspecified atom stereocenters. The van der Waals surface area contributed by atoms with Gasteiger partial charge in [-0.25, -0.2) is 0 Å². The molecule has 0 aliphatic heterocycles. The lowest BCUT2D eigenvalue weighted by Crippen LogP contribution is -2.22. The molecular formula is C66H47N. The molecule has 0 saturated carbocycles. The maximum Gasteiger partial charge on any atom is 0.0540 e. The second-order valence-electron chi connectivity index (χ2n) is 18.7. The van der Waals surface area contributed by atoms with Crippen molar-refractivity contribution >= 4 is 38.6 Å². The monoisotopic (exact) mass is 853 g/mol. The Labute approximate surface area is 392 Å². The predicted molar refractivity (Wildman–Crippen MR) is 282 cm³/mol. The van der Waals surface area contributed by atoms with Gasteiger partial charge in [0.1, 0.15) is 0 Å². The van der Waals surface area contributed by atoms with E-state index in [2.05, 4.69) is 267 Å². The van der Waals surface area contributed by atoms with Crippen molar-refractivity contribution in [1.82, 2.24) is 0 Å². The first-order valence-electron chi connectivity index (χ1n) is 23.5. The maximum atomic E-state index is 2.46. The zero-order chi connectivity index (χ0) is 44.7. The third-order valence-electron chi connectivity index (χ3n) is 15.2. The van der Waals surface area contributed by atoms with Gasteiger partial charge >= 0.3 is 0 Å². The van der Waals surface area contributed by atoms with E-state index in [4.69, 9.17) is 0 Å². The Balaban J connectivity index is 0.957. The van der Waals surface area contributed by atoms with Crippen LogP contribution in [0.15, 0.2) is 249 Å². The highest BCUT2D eigenvalue weighted by Gasteiger charge is 2.42. The van der Waals surface area contributed by atoms with Gasteiger partial charge in [-0.2, -0.15) is 0 Å². The highest BCUT2D eigenvalue weighted by atomic mass is 15.1. The molecule has 0 bridgehead atoms. The van der Waals surface area contributed by atoms with Crippen molar-refractivity contribution in [2.45, 2.75) is 24.7 Å². The normalized spacial score (nSPS) is 16.6. The zero-order valence-corrected chi connectivity index (χ0v) is 37.6. The van der Waals surface area contributed by atoms with Gasteiger partial charge in [-0.3, -0.25) is 0 Å². The number of benzene rings is 11. The maximum absolute atomic E-state index is 2.46. The van der Waals surface area contributed by atoms with Crippen molar-refractivity contribution < 1.29 is 0 Å². The summed E-state index contributed by atoms with van der Waals surface area (Å²) in [4.78, 5) is 2.46.